The molecule has 1 atom stereocenters. The number of hydrogen-bond acceptors (Lipinski definition) is 5. The molecule has 0 fully saturated rings. The van der Waals surface area contributed by atoms with Crippen molar-refractivity contribution >= 4 is 11.9 Å². The summed E-state index contributed by atoms with van der Waals surface area (Å²) >= 11 is 0. The SMILES string of the molecule is CC/C=C\C/C=C\C/C=C\C/C=C\C/C=C\CCCCCC(=O)OCC(COCCCCCCCC/C=C\C/C=C\CCC)OC(=O)CCCCCCCCC/C=C\C/C=C\CCCCC. The number of esters is 2. The third kappa shape index (κ3) is 53.2. The van der Waals surface area contributed by atoms with Crippen molar-refractivity contribution in [1.82, 2.24) is 0 Å². The van der Waals surface area contributed by atoms with Gasteiger partial charge in [-0.15, -0.1) is 0 Å². The zero-order valence-corrected chi connectivity index (χ0v) is 43.2. The van der Waals surface area contributed by atoms with Gasteiger partial charge in [-0.05, 0) is 122 Å². The number of carbonyl (C=O) groups is 2. The molecular weight excluding hydrogens is 813 g/mol. The van der Waals surface area contributed by atoms with Gasteiger partial charge in [-0.25, -0.2) is 0 Å². The van der Waals surface area contributed by atoms with Crippen LogP contribution in [0, 0.1) is 0 Å². The second-order valence-corrected chi connectivity index (χ2v) is 17.7. The quantitative estimate of drug-likeness (QED) is 0.0346. The van der Waals surface area contributed by atoms with E-state index in [2.05, 4.69) is 130 Å². The van der Waals surface area contributed by atoms with Gasteiger partial charge in [0.05, 0.1) is 6.61 Å². The molecule has 0 heterocycles. The van der Waals surface area contributed by atoms with E-state index in [-0.39, 0.29) is 25.2 Å². The molecule has 5 heteroatoms. The lowest BCUT2D eigenvalue weighted by Gasteiger charge is -2.18. The summed E-state index contributed by atoms with van der Waals surface area (Å²) in [5.74, 6) is -0.452. The average Bonchev–Trinajstić information content (AvgIpc) is 3.32. The van der Waals surface area contributed by atoms with Crippen molar-refractivity contribution < 1.29 is 23.8 Å². The van der Waals surface area contributed by atoms with E-state index in [4.69, 9.17) is 14.2 Å². The zero-order valence-electron chi connectivity index (χ0n) is 43.2. The molecule has 0 aromatic heterocycles. The fraction of sp³-hybridized carbons (Fsp3) is 0.672. The maximum atomic E-state index is 12.8. The van der Waals surface area contributed by atoms with Gasteiger partial charge < -0.3 is 14.2 Å². The van der Waals surface area contributed by atoms with Crippen LogP contribution in [0.1, 0.15) is 239 Å². The summed E-state index contributed by atoms with van der Waals surface area (Å²) in [4.78, 5) is 25.5. The third-order valence-electron chi connectivity index (χ3n) is 11.2. The zero-order chi connectivity index (χ0) is 47.7. The highest BCUT2D eigenvalue weighted by Gasteiger charge is 2.17. The van der Waals surface area contributed by atoms with Crippen LogP contribution in [0.3, 0.4) is 0 Å². The smallest absolute Gasteiger partial charge is 0.306 e. The maximum absolute atomic E-state index is 12.8. The summed E-state index contributed by atoms with van der Waals surface area (Å²) in [6, 6.07) is 0. The molecule has 66 heavy (non-hydrogen) atoms. The van der Waals surface area contributed by atoms with E-state index < -0.39 is 6.10 Å². The minimum absolute atomic E-state index is 0.0546. The minimum Gasteiger partial charge on any atom is -0.462 e. The lowest BCUT2D eigenvalue weighted by atomic mass is 10.1. The van der Waals surface area contributed by atoms with E-state index in [9.17, 15) is 9.59 Å². The summed E-state index contributed by atoms with van der Waals surface area (Å²) in [6.07, 6.45) is 76.7. The van der Waals surface area contributed by atoms with E-state index in [0.717, 1.165) is 116 Å². The number of allylic oxidation sites excluding steroid dienone is 18. The van der Waals surface area contributed by atoms with E-state index >= 15 is 0 Å². The predicted octanol–water partition coefficient (Wildman–Crippen LogP) is 18.8. The molecule has 0 saturated heterocycles. The van der Waals surface area contributed by atoms with Crippen LogP contribution in [0.2, 0.25) is 0 Å². The van der Waals surface area contributed by atoms with Gasteiger partial charge in [0, 0.05) is 19.4 Å². The van der Waals surface area contributed by atoms with Gasteiger partial charge in [0.2, 0.25) is 0 Å². The van der Waals surface area contributed by atoms with E-state index in [1.807, 2.05) is 0 Å². The molecule has 0 aromatic rings. The molecule has 0 radical (unpaired) electrons. The second-order valence-electron chi connectivity index (χ2n) is 17.7. The number of unbranched alkanes of at least 4 members (excludes halogenated alkanes) is 20. The van der Waals surface area contributed by atoms with Crippen molar-refractivity contribution in [1.29, 1.82) is 0 Å². The molecule has 1 unspecified atom stereocenters. The first-order valence-electron chi connectivity index (χ1n) is 27.4. The second kappa shape index (κ2) is 55.9. The van der Waals surface area contributed by atoms with Crippen LogP contribution < -0.4 is 0 Å². The van der Waals surface area contributed by atoms with Crippen LogP contribution in [0.5, 0.6) is 0 Å². The Morgan fingerprint density at radius 1 is 0.348 bits per heavy atom. The number of carbonyl (C=O) groups excluding carboxylic acids is 2. The van der Waals surface area contributed by atoms with Crippen LogP contribution in [-0.2, 0) is 23.8 Å². The van der Waals surface area contributed by atoms with Gasteiger partial charge in [0.15, 0.2) is 6.10 Å². The summed E-state index contributed by atoms with van der Waals surface area (Å²) < 4.78 is 17.4. The summed E-state index contributed by atoms with van der Waals surface area (Å²) in [5, 5.41) is 0. The standard InChI is InChI=1S/C61H102O5/c1-4-7-10-13-16-19-22-25-28-30-31-33-34-36-39-42-45-48-51-54-60(62)65-58-59(57-64-56-53-50-47-44-41-38-27-24-21-18-15-12-9-6-3)66-61(63)55-52-49-46-43-40-37-35-32-29-26-23-20-17-14-11-8-5-2/h7,10,12,15-17,19-21,24-26,28-29,31,33,36,39,59H,4-6,8-9,11,13-14,18,22-23,27,30,32,34-35,37-38,40-58H2,1-3H3/b10-7-,15-12-,19-16-,20-17-,24-21-,28-25-,29-26-,33-31-,39-36-. The van der Waals surface area contributed by atoms with Crippen molar-refractivity contribution in [3.8, 4) is 0 Å². The Balaban J connectivity index is 4.38. The Morgan fingerprint density at radius 2 is 0.712 bits per heavy atom. The summed E-state index contributed by atoms with van der Waals surface area (Å²) in [6.45, 7) is 7.56. The highest BCUT2D eigenvalue weighted by atomic mass is 16.6. The van der Waals surface area contributed by atoms with E-state index in [1.54, 1.807) is 0 Å². The predicted molar refractivity (Wildman–Crippen MR) is 288 cm³/mol. The first-order valence-corrected chi connectivity index (χ1v) is 27.4. The Morgan fingerprint density at radius 3 is 1.17 bits per heavy atom. The largest absolute Gasteiger partial charge is 0.462 e. The molecule has 0 saturated carbocycles. The monoisotopic (exact) mass is 915 g/mol. The molecule has 0 aromatic carbocycles. The molecule has 0 bridgehead atoms. The van der Waals surface area contributed by atoms with Crippen molar-refractivity contribution in [3.05, 3.63) is 109 Å². The van der Waals surface area contributed by atoms with Crippen LogP contribution in [0.15, 0.2) is 109 Å². The van der Waals surface area contributed by atoms with E-state index in [0.29, 0.717) is 19.4 Å². The molecule has 0 rings (SSSR count). The molecular formula is C61H102O5. The molecule has 0 N–H and O–H groups in total. The van der Waals surface area contributed by atoms with Crippen molar-refractivity contribution in [2.24, 2.45) is 0 Å². The lowest BCUT2D eigenvalue weighted by molar-refractivity contribution is -0.163. The molecule has 376 valence electrons. The van der Waals surface area contributed by atoms with Crippen molar-refractivity contribution in [2.75, 3.05) is 19.8 Å². The van der Waals surface area contributed by atoms with Crippen LogP contribution in [0.25, 0.3) is 0 Å². The Hall–Kier alpha value is -3.44. The van der Waals surface area contributed by atoms with Crippen LogP contribution >= 0.6 is 0 Å². The molecule has 5 nitrogen and oxygen atoms in total. The first kappa shape index (κ1) is 62.6. The molecule has 0 amide bonds. The van der Waals surface area contributed by atoms with Gasteiger partial charge in [-0.1, -0.05) is 214 Å². The Bertz CT molecular complexity index is 1310. The highest BCUT2D eigenvalue weighted by Crippen LogP contribution is 2.13. The van der Waals surface area contributed by atoms with Gasteiger partial charge in [0.25, 0.3) is 0 Å². The maximum Gasteiger partial charge on any atom is 0.306 e. The van der Waals surface area contributed by atoms with Crippen molar-refractivity contribution in [3.63, 3.8) is 0 Å². The molecule has 0 aliphatic carbocycles. The molecule has 0 aliphatic rings. The number of ether oxygens (including phenoxy) is 3. The number of hydrogen-bond donors (Lipinski definition) is 0. The number of rotatable bonds is 49. The highest BCUT2D eigenvalue weighted by molar-refractivity contribution is 5.70. The average molecular weight is 915 g/mol. The fourth-order valence-corrected chi connectivity index (χ4v) is 7.19. The van der Waals surface area contributed by atoms with Gasteiger partial charge in [-0.2, -0.15) is 0 Å². The minimum atomic E-state index is -0.567. The van der Waals surface area contributed by atoms with Crippen molar-refractivity contribution in [2.45, 2.75) is 245 Å². The van der Waals surface area contributed by atoms with Crippen LogP contribution in [0.4, 0.5) is 0 Å². The van der Waals surface area contributed by atoms with Gasteiger partial charge in [-0.3, -0.25) is 9.59 Å². The van der Waals surface area contributed by atoms with Gasteiger partial charge in [0.1, 0.15) is 6.61 Å². The molecule has 0 spiro atoms. The normalized spacial score (nSPS) is 13.1. The topological polar surface area (TPSA) is 61.8 Å². The summed E-state index contributed by atoms with van der Waals surface area (Å²) in [7, 11) is 0. The van der Waals surface area contributed by atoms with E-state index in [1.165, 1.54) is 89.9 Å². The Kier molecular flexibility index (Phi) is 53.0. The Labute approximate surface area is 408 Å². The first-order chi connectivity index (χ1) is 32.6. The lowest BCUT2D eigenvalue weighted by Crippen LogP contribution is -2.30. The summed E-state index contributed by atoms with van der Waals surface area (Å²) in [5.41, 5.74) is 0. The fourth-order valence-electron chi connectivity index (χ4n) is 7.19. The third-order valence-corrected chi connectivity index (χ3v) is 11.2. The molecule has 0 aliphatic heterocycles. The van der Waals surface area contributed by atoms with Gasteiger partial charge >= 0.3 is 11.9 Å². The van der Waals surface area contributed by atoms with Crippen LogP contribution in [-0.4, -0.2) is 37.9 Å².